The van der Waals surface area contributed by atoms with Crippen molar-refractivity contribution in [3.8, 4) is 0 Å². The first-order chi connectivity index (χ1) is 3.42. The minimum absolute atomic E-state index is 0.0162. The number of hydrogen-bond acceptors (Lipinski definition) is 3. The van der Waals surface area contributed by atoms with Crippen molar-refractivity contribution in [2.24, 2.45) is 11.5 Å². The highest BCUT2D eigenvalue weighted by molar-refractivity contribution is 7.80. The topological polar surface area (TPSA) is 84.3 Å². The molecule has 5 heteroatoms. The molecule has 0 saturated carbocycles. The number of nitrogens with one attached hydrogen (secondary N) is 1. The molecule has 48 valence electrons. The highest BCUT2D eigenvalue weighted by Crippen LogP contribution is 1.81. The quantitative estimate of drug-likeness (QED) is 0.258. The van der Waals surface area contributed by atoms with Crippen molar-refractivity contribution in [3.63, 3.8) is 0 Å². The predicted molar refractivity (Wildman–Crippen MR) is 34.7 cm³/mol. The zero-order chi connectivity index (χ0) is 6.78. The molecule has 0 aromatic heterocycles. The molecule has 0 aliphatic rings. The number of rotatable bonds is 1. The van der Waals surface area contributed by atoms with Crippen molar-refractivity contribution in [1.82, 2.24) is 5.32 Å². The fourth-order valence-corrected chi connectivity index (χ4v) is 0.456. The van der Waals surface area contributed by atoms with Crippen LogP contribution in [0, 0.1) is 0 Å². The van der Waals surface area contributed by atoms with Gasteiger partial charge in [-0.1, -0.05) is 0 Å². The van der Waals surface area contributed by atoms with Gasteiger partial charge in [0, 0.05) is 0 Å². The Hall–Kier alpha value is -0.390. The zero-order valence-electron chi connectivity index (χ0n) is 4.51. The summed E-state index contributed by atoms with van der Waals surface area (Å²) < 4.78 is 0. The summed E-state index contributed by atoms with van der Waals surface area (Å²) in [6.45, 7) is 1.34. The van der Waals surface area contributed by atoms with Gasteiger partial charge < -0.3 is 16.2 Å². The van der Waals surface area contributed by atoms with Gasteiger partial charge in [0.1, 0.15) is 0 Å². The Kier molecular flexibility index (Phi) is 2.14. The van der Waals surface area contributed by atoms with Crippen LogP contribution in [0.4, 0.5) is 0 Å². The average Bonchev–Trinajstić information content (AvgIpc) is 1.21. The van der Waals surface area contributed by atoms with Crippen LogP contribution in [0.1, 0.15) is 6.92 Å². The minimum atomic E-state index is -1.49. The Morgan fingerprint density at radius 2 is 2.25 bits per heavy atom. The van der Waals surface area contributed by atoms with E-state index in [0.29, 0.717) is 0 Å². The molecule has 0 saturated heterocycles. The number of hydrogen-bond donors (Lipinski definition) is 4. The summed E-state index contributed by atoms with van der Waals surface area (Å²) in [6.07, 6.45) is 0. The maximum absolute atomic E-state index is 8.69. The molecule has 0 amide bonds. The molecule has 1 atom stereocenters. The summed E-state index contributed by atoms with van der Waals surface area (Å²) in [7, 11) is 0. The van der Waals surface area contributed by atoms with Crippen LogP contribution in [0.3, 0.4) is 0 Å². The van der Waals surface area contributed by atoms with Gasteiger partial charge in [0.2, 0.25) is 0 Å². The van der Waals surface area contributed by atoms with Gasteiger partial charge in [-0.2, -0.15) is 0 Å². The maximum atomic E-state index is 8.69. The van der Waals surface area contributed by atoms with Crippen molar-refractivity contribution >= 4 is 17.3 Å². The van der Waals surface area contributed by atoms with Crippen LogP contribution in [-0.2, 0) is 0 Å². The fraction of sp³-hybridized carbons (Fsp3) is 0.667. The second kappa shape index (κ2) is 2.25. The molecule has 0 aromatic rings. The zero-order valence-corrected chi connectivity index (χ0v) is 5.33. The van der Waals surface area contributed by atoms with Gasteiger partial charge >= 0.3 is 0 Å². The van der Waals surface area contributed by atoms with E-state index in [1.165, 1.54) is 6.92 Å². The van der Waals surface area contributed by atoms with Crippen LogP contribution in [0.25, 0.3) is 0 Å². The molecule has 0 bridgehead atoms. The second-order valence-corrected chi connectivity index (χ2v) is 2.08. The van der Waals surface area contributed by atoms with Crippen LogP contribution in [0.2, 0.25) is 0 Å². The van der Waals surface area contributed by atoms with E-state index in [9.17, 15) is 0 Å². The fourth-order valence-electron chi connectivity index (χ4n) is 0.249. The summed E-state index contributed by atoms with van der Waals surface area (Å²) in [5.74, 6) is -1.49. The molecule has 0 radical (unpaired) electrons. The van der Waals surface area contributed by atoms with Crippen LogP contribution in [-0.4, -0.2) is 16.1 Å². The molecule has 4 nitrogen and oxygen atoms in total. The van der Waals surface area contributed by atoms with Gasteiger partial charge in [-0.25, -0.2) is 0 Å². The van der Waals surface area contributed by atoms with E-state index in [1.807, 2.05) is 0 Å². The van der Waals surface area contributed by atoms with Crippen LogP contribution < -0.4 is 16.8 Å². The smallest absolute Gasteiger partial charge is 0.188 e. The van der Waals surface area contributed by atoms with Crippen LogP contribution >= 0.6 is 12.2 Å². The first-order valence-corrected chi connectivity index (χ1v) is 2.41. The molecule has 0 aliphatic heterocycles. The summed E-state index contributed by atoms with van der Waals surface area (Å²) in [5.41, 5.74) is 9.97. The molecule has 0 heterocycles. The predicted octanol–water partition coefficient (Wildman–Crippen LogP) is -1.56. The van der Waals surface area contributed by atoms with Crippen molar-refractivity contribution in [1.29, 1.82) is 0 Å². The molecule has 0 aromatic carbocycles. The average molecular weight is 135 g/mol. The molecule has 0 rings (SSSR count). The summed E-state index contributed by atoms with van der Waals surface area (Å²) in [5, 5.41) is 10.9. The summed E-state index contributed by atoms with van der Waals surface area (Å²) in [6, 6.07) is 0. The molecule has 0 spiro atoms. The lowest BCUT2D eigenvalue weighted by molar-refractivity contribution is 0.0520. The van der Waals surface area contributed by atoms with E-state index >= 15 is 0 Å². The van der Waals surface area contributed by atoms with Crippen LogP contribution in [0.5, 0.6) is 0 Å². The van der Waals surface area contributed by atoms with E-state index in [1.54, 1.807) is 0 Å². The Morgan fingerprint density at radius 1 is 1.88 bits per heavy atom. The molecular formula is C3H9N3OS. The first-order valence-electron chi connectivity index (χ1n) is 2.01. The first kappa shape index (κ1) is 7.61. The third-order valence-electron chi connectivity index (χ3n) is 0.376. The monoisotopic (exact) mass is 135 g/mol. The van der Waals surface area contributed by atoms with E-state index in [2.05, 4.69) is 17.5 Å². The Balaban J connectivity index is 3.55. The van der Waals surface area contributed by atoms with E-state index < -0.39 is 5.85 Å². The maximum Gasteiger partial charge on any atom is 0.188 e. The van der Waals surface area contributed by atoms with Crippen molar-refractivity contribution in [3.05, 3.63) is 0 Å². The van der Waals surface area contributed by atoms with E-state index in [0.717, 1.165) is 0 Å². The number of aliphatic hydroxyl groups is 1. The summed E-state index contributed by atoms with van der Waals surface area (Å²) in [4.78, 5) is 0. The molecule has 8 heavy (non-hydrogen) atoms. The van der Waals surface area contributed by atoms with Gasteiger partial charge in [0.25, 0.3) is 0 Å². The highest BCUT2D eigenvalue weighted by Gasteiger charge is 2.10. The number of thiocarbonyl (C=S) groups is 1. The second-order valence-electron chi connectivity index (χ2n) is 1.64. The lowest BCUT2D eigenvalue weighted by atomic mass is 10.5. The third-order valence-corrected chi connectivity index (χ3v) is 0.478. The Labute approximate surface area is 52.9 Å². The largest absolute Gasteiger partial charge is 0.376 e. The third kappa shape index (κ3) is 5.61. The standard InChI is InChI=1S/C3H9N3OS/c1-3(5,7)6-2(4)8/h7H,5H2,1H3,(H3,4,6,8). The lowest BCUT2D eigenvalue weighted by Crippen LogP contribution is -2.54. The minimum Gasteiger partial charge on any atom is -0.376 e. The molecule has 6 N–H and O–H groups in total. The van der Waals surface area contributed by atoms with Crippen molar-refractivity contribution in [2.45, 2.75) is 12.8 Å². The van der Waals surface area contributed by atoms with Gasteiger partial charge in [0.05, 0.1) is 0 Å². The van der Waals surface area contributed by atoms with E-state index in [-0.39, 0.29) is 5.11 Å². The highest BCUT2D eigenvalue weighted by atomic mass is 32.1. The SMILES string of the molecule is CC(N)(O)NC(N)=S. The molecule has 1 unspecified atom stereocenters. The van der Waals surface area contributed by atoms with E-state index in [4.69, 9.17) is 16.6 Å². The van der Waals surface area contributed by atoms with Crippen molar-refractivity contribution in [2.75, 3.05) is 0 Å². The van der Waals surface area contributed by atoms with Crippen molar-refractivity contribution < 1.29 is 5.11 Å². The van der Waals surface area contributed by atoms with Gasteiger partial charge in [-0.15, -0.1) is 0 Å². The molecule has 0 aliphatic carbocycles. The normalized spacial score (nSPS) is 16.9. The lowest BCUT2D eigenvalue weighted by Gasteiger charge is -2.18. The van der Waals surface area contributed by atoms with Gasteiger partial charge in [-0.05, 0) is 19.1 Å². The van der Waals surface area contributed by atoms with Crippen LogP contribution in [0.15, 0.2) is 0 Å². The molecule has 0 fully saturated rings. The molecular weight excluding hydrogens is 126 g/mol. The Bertz CT molecular complexity index is 97.2. The summed E-state index contributed by atoms with van der Waals surface area (Å²) >= 11 is 4.37. The van der Waals surface area contributed by atoms with Gasteiger partial charge in [0.15, 0.2) is 11.0 Å². The number of nitrogens with two attached hydrogens (primary N) is 2. The van der Waals surface area contributed by atoms with Gasteiger partial charge in [-0.3, -0.25) is 5.73 Å². The Morgan fingerprint density at radius 3 is 2.25 bits per heavy atom.